The molecule has 1 heterocycles. The number of carbonyl (C=O) groups excluding carboxylic acids is 2. The molecule has 1 spiro atoms. The highest BCUT2D eigenvalue weighted by Crippen LogP contribution is 2.45. The lowest BCUT2D eigenvalue weighted by molar-refractivity contribution is -0.00158. The fourth-order valence-electron chi connectivity index (χ4n) is 4.75. The van der Waals surface area contributed by atoms with Gasteiger partial charge in [-0.2, -0.15) is 0 Å². The quantitative estimate of drug-likeness (QED) is 0.374. The summed E-state index contributed by atoms with van der Waals surface area (Å²) in [5.74, 6) is 0. The van der Waals surface area contributed by atoms with Crippen molar-refractivity contribution in [3.8, 4) is 0 Å². The van der Waals surface area contributed by atoms with Gasteiger partial charge >= 0.3 is 12.1 Å². The Balaban J connectivity index is 1.39. The number of unbranched alkanes of at least 4 members (excludes halogenated alkanes) is 7. The highest BCUT2D eigenvalue weighted by Gasteiger charge is 2.55. The standard InChI is InChI=1S/C28H45N3O3/c1-5-6-7-8-9-10-11-12-13-23-14-16-24(17-15-23)29-25(32)30-20-21-31(28(22-30)18-19-28)26(33)34-27(2,3)4/h14-17H,5-13,18-22H2,1-4H3,(H,29,32). The van der Waals surface area contributed by atoms with Gasteiger partial charge in [0.1, 0.15) is 5.60 Å². The van der Waals surface area contributed by atoms with E-state index in [0.717, 1.165) is 24.9 Å². The minimum Gasteiger partial charge on any atom is -0.444 e. The third-order valence-electron chi connectivity index (χ3n) is 6.90. The second kappa shape index (κ2) is 11.9. The third kappa shape index (κ3) is 7.92. The van der Waals surface area contributed by atoms with E-state index in [4.69, 9.17) is 4.74 Å². The minimum absolute atomic E-state index is 0.0917. The first-order valence-corrected chi connectivity index (χ1v) is 13.4. The van der Waals surface area contributed by atoms with Gasteiger partial charge in [-0.15, -0.1) is 0 Å². The molecule has 0 bridgehead atoms. The van der Waals surface area contributed by atoms with Crippen molar-refractivity contribution in [3.05, 3.63) is 29.8 Å². The van der Waals surface area contributed by atoms with Crippen LogP contribution >= 0.6 is 0 Å². The summed E-state index contributed by atoms with van der Waals surface area (Å²) in [7, 11) is 0. The van der Waals surface area contributed by atoms with Crippen molar-refractivity contribution >= 4 is 17.8 Å². The molecule has 1 aromatic rings. The van der Waals surface area contributed by atoms with Crippen LogP contribution in [0.1, 0.15) is 97.5 Å². The number of carbonyl (C=O) groups is 2. The number of benzene rings is 1. The van der Waals surface area contributed by atoms with Crippen LogP contribution in [-0.4, -0.2) is 52.7 Å². The van der Waals surface area contributed by atoms with Gasteiger partial charge in [-0.05, 0) is 64.2 Å². The molecule has 1 aliphatic heterocycles. The van der Waals surface area contributed by atoms with Crippen LogP contribution in [0.2, 0.25) is 0 Å². The Morgan fingerprint density at radius 1 is 0.941 bits per heavy atom. The van der Waals surface area contributed by atoms with E-state index in [1.165, 1.54) is 56.9 Å². The molecule has 0 atom stereocenters. The Bertz CT molecular complexity index is 796. The molecule has 0 aromatic heterocycles. The second-order valence-corrected chi connectivity index (χ2v) is 11.1. The van der Waals surface area contributed by atoms with Gasteiger partial charge < -0.3 is 15.0 Å². The van der Waals surface area contributed by atoms with E-state index in [0.29, 0.717) is 19.6 Å². The smallest absolute Gasteiger partial charge is 0.410 e. The molecular formula is C28H45N3O3. The van der Waals surface area contributed by atoms with Crippen LogP contribution in [0.25, 0.3) is 0 Å². The van der Waals surface area contributed by atoms with Crippen molar-refractivity contribution < 1.29 is 14.3 Å². The molecule has 3 rings (SSSR count). The van der Waals surface area contributed by atoms with Gasteiger partial charge in [0.05, 0.1) is 5.54 Å². The maximum absolute atomic E-state index is 12.9. The van der Waals surface area contributed by atoms with Crippen LogP contribution in [0, 0.1) is 0 Å². The van der Waals surface area contributed by atoms with Gasteiger partial charge in [-0.25, -0.2) is 9.59 Å². The highest BCUT2D eigenvalue weighted by atomic mass is 16.6. The zero-order chi connectivity index (χ0) is 24.6. The van der Waals surface area contributed by atoms with Crippen LogP contribution in [0.3, 0.4) is 0 Å². The van der Waals surface area contributed by atoms with Crippen molar-refractivity contribution in [1.82, 2.24) is 9.80 Å². The first kappa shape index (κ1) is 26.4. The molecule has 2 fully saturated rings. The number of urea groups is 1. The fourth-order valence-corrected chi connectivity index (χ4v) is 4.75. The Kier molecular flexibility index (Phi) is 9.26. The Morgan fingerprint density at radius 3 is 2.15 bits per heavy atom. The number of amides is 3. The Morgan fingerprint density at radius 2 is 1.56 bits per heavy atom. The van der Waals surface area contributed by atoms with Crippen LogP contribution in [-0.2, 0) is 11.2 Å². The summed E-state index contributed by atoms with van der Waals surface area (Å²) in [5.41, 5.74) is 1.39. The number of hydrogen-bond acceptors (Lipinski definition) is 3. The first-order chi connectivity index (χ1) is 16.2. The molecule has 1 saturated heterocycles. The van der Waals surface area contributed by atoms with Gasteiger partial charge in [-0.1, -0.05) is 64.0 Å². The monoisotopic (exact) mass is 471 g/mol. The summed E-state index contributed by atoms with van der Waals surface area (Å²) in [4.78, 5) is 29.2. The predicted octanol–water partition coefficient (Wildman–Crippen LogP) is 6.99. The molecule has 1 aromatic carbocycles. The maximum Gasteiger partial charge on any atom is 0.410 e. The van der Waals surface area contributed by atoms with Crippen molar-refractivity contribution in [2.24, 2.45) is 0 Å². The van der Waals surface area contributed by atoms with Gasteiger partial charge in [0, 0.05) is 25.3 Å². The molecule has 1 N–H and O–H groups in total. The number of anilines is 1. The minimum atomic E-state index is -0.512. The zero-order valence-electron chi connectivity index (χ0n) is 21.8. The third-order valence-corrected chi connectivity index (χ3v) is 6.90. The van der Waals surface area contributed by atoms with E-state index < -0.39 is 5.60 Å². The number of aryl methyl sites for hydroxylation is 1. The van der Waals surface area contributed by atoms with Crippen LogP contribution in [0.5, 0.6) is 0 Å². The zero-order valence-corrected chi connectivity index (χ0v) is 21.8. The van der Waals surface area contributed by atoms with Crippen LogP contribution in [0.4, 0.5) is 15.3 Å². The van der Waals surface area contributed by atoms with Crippen molar-refractivity contribution in [2.45, 2.75) is 109 Å². The van der Waals surface area contributed by atoms with E-state index in [1.807, 2.05) is 42.7 Å². The van der Waals surface area contributed by atoms with Gasteiger partial charge in [-0.3, -0.25) is 4.90 Å². The number of ether oxygens (including phenoxy) is 1. The molecular weight excluding hydrogens is 426 g/mol. The van der Waals surface area contributed by atoms with E-state index in [1.54, 1.807) is 0 Å². The molecule has 2 aliphatic rings. The molecule has 0 unspecified atom stereocenters. The number of rotatable bonds is 10. The van der Waals surface area contributed by atoms with Crippen molar-refractivity contribution in [1.29, 1.82) is 0 Å². The average molecular weight is 472 g/mol. The largest absolute Gasteiger partial charge is 0.444 e. The maximum atomic E-state index is 12.9. The topological polar surface area (TPSA) is 61.9 Å². The van der Waals surface area contributed by atoms with Gasteiger partial charge in [0.15, 0.2) is 0 Å². The van der Waals surface area contributed by atoms with Crippen molar-refractivity contribution in [3.63, 3.8) is 0 Å². The van der Waals surface area contributed by atoms with Crippen molar-refractivity contribution in [2.75, 3.05) is 25.0 Å². The van der Waals surface area contributed by atoms with E-state index >= 15 is 0 Å². The molecule has 1 saturated carbocycles. The Hall–Kier alpha value is -2.24. The Labute approximate surface area is 206 Å². The first-order valence-electron chi connectivity index (χ1n) is 13.4. The normalized spacial score (nSPS) is 17.1. The average Bonchev–Trinajstić information content (AvgIpc) is 3.54. The predicted molar refractivity (Wildman–Crippen MR) is 138 cm³/mol. The summed E-state index contributed by atoms with van der Waals surface area (Å²) in [6.07, 6.45) is 13.3. The lowest BCUT2D eigenvalue weighted by Gasteiger charge is -2.42. The molecule has 34 heavy (non-hydrogen) atoms. The molecule has 3 amide bonds. The number of nitrogens with one attached hydrogen (secondary N) is 1. The van der Waals surface area contributed by atoms with E-state index in [2.05, 4.69) is 24.4 Å². The SMILES string of the molecule is CCCCCCCCCCc1ccc(NC(=O)N2CCN(C(=O)OC(C)(C)C)C3(CC3)C2)cc1. The van der Waals surface area contributed by atoms with E-state index in [9.17, 15) is 9.59 Å². The molecule has 190 valence electrons. The van der Waals surface area contributed by atoms with E-state index in [-0.39, 0.29) is 17.7 Å². The lowest BCUT2D eigenvalue weighted by atomic mass is 10.0. The molecule has 6 heteroatoms. The summed E-state index contributed by atoms with van der Waals surface area (Å²) in [5, 5.41) is 3.04. The molecule has 6 nitrogen and oxygen atoms in total. The highest BCUT2D eigenvalue weighted by molar-refractivity contribution is 5.89. The van der Waals surface area contributed by atoms with Crippen LogP contribution < -0.4 is 5.32 Å². The summed E-state index contributed by atoms with van der Waals surface area (Å²) in [6.45, 7) is 9.51. The number of nitrogens with zero attached hydrogens (tertiary/aromatic N) is 2. The number of hydrogen-bond donors (Lipinski definition) is 1. The molecule has 0 radical (unpaired) electrons. The van der Waals surface area contributed by atoms with Crippen LogP contribution in [0.15, 0.2) is 24.3 Å². The second-order valence-electron chi connectivity index (χ2n) is 11.1. The summed E-state index contributed by atoms with van der Waals surface area (Å²) < 4.78 is 5.58. The summed E-state index contributed by atoms with van der Waals surface area (Å²) in [6, 6.07) is 8.16. The number of piperazine rings is 1. The van der Waals surface area contributed by atoms with Gasteiger partial charge in [0.2, 0.25) is 0 Å². The fraction of sp³-hybridized carbons (Fsp3) is 0.714. The summed E-state index contributed by atoms with van der Waals surface area (Å²) >= 11 is 0. The van der Waals surface area contributed by atoms with Gasteiger partial charge in [0.25, 0.3) is 0 Å². The lowest BCUT2D eigenvalue weighted by Crippen LogP contribution is -2.59. The molecule has 1 aliphatic carbocycles.